The van der Waals surface area contributed by atoms with Crippen molar-refractivity contribution in [3.8, 4) is 5.75 Å². The summed E-state index contributed by atoms with van der Waals surface area (Å²) in [4.78, 5) is 0. The van der Waals surface area contributed by atoms with E-state index in [1.54, 1.807) is 6.07 Å². The van der Waals surface area contributed by atoms with Crippen molar-refractivity contribution < 1.29 is 17.9 Å². The molecule has 0 saturated carbocycles. The molecule has 0 aliphatic carbocycles. The maximum absolute atomic E-state index is 12.3. The zero-order chi connectivity index (χ0) is 10.8. The molecule has 0 fully saturated rings. The Labute approximate surface area is 91.6 Å². The van der Waals surface area contributed by atoms with Gasteiger partial charge >= 0.3 is 6.18 Å². The molecule has 0 aliphatic heterocycles. The molecule has 0 heterocycles. The highest BCUT2D eigenvalue weighted by Crippen LogP contribution is 2.34. The minimum atomic E-state index is -4.45. The Kier molecular flexibility index (Phi) is 4.90. The van der Waals surface area contributed by atoms with Crippen LogP contribution in [-0.4, -0.2) is 13.3 Å². The van der Waals surface area contributed by atoms with Crippen molar-refractivity contribution in [2.45, 2.75) is 12.2 Å². The predicted molar refractivity (Wildman–Crippen MR) is 53.2 cm³/mol. The monoisotopic (exact) mass is 241 g/mol. The molecule has 0 aliphatic rings. The van der Waals surface area contributed by atoms with Crippen LogP contribution in [0.1, 0.15) is 11.6 Å². The number of rotatable bonds is 2. The molecule has 0 bridgehead atoms. The van der Waals surface area contributed by atoms with Gasteiger partial charge in [0, 0.05) is 5.56 Å². The summed E-state index contributed by atoms with van der Waals surface area (Å²) in [6.45, 7) is 0. The zero-order valence-corrected chi connectivity index (χ0v) is 8.73. The van der Waals surface area contributed by atoms with Crippen molar-refractivity contribution in [2.75, 3.05) is 7.11 Å². The lowest BCUT2D eigenvalue weighted by Crippen LogP contribution is -2.28. The summed E-state index contributed by atoms with van der Waals surface area (Å²) < 4.78 is 41.6. The van der Waals surface area contributed by atoms with Crippen LogP contribution in [0.5, 0.6) is 5.75 Å². The maximum atomic E-state index is 12.3. The van der Waals surface area contributed by atoms with Gasteiger partial charge in [-0.15, -0.1) is 12.4 Å². The smallest absolute Gasteiger partial charge is 0.407 e. The third-order valence-corrected chi connectivity index (χ3v) is 1.83. The van der Waals surface area contributed by atoms with Gasteiger partial charge in [-0.25, -0.2) is 0 Å². The fourth-order valence-electron chi connectivity index (χ4n) is 1.10. The van der Waals surface area contributed by atoms with Gasteiger partial charge in [0.15, 0.2) is 0 Å². The fourth-order valence-corrected chi connectivity index (χ4v) is 1.10. The molecule has 0 amide bonds. The van der Waals surface area contributed by atoms with Crippen LogP contribution in [0.4, 0.5) is 13.2 Å². The number of hydrogen-bond acceptors (Lipinski definition) is 2. The van der Waals surface area contributed by atoms with Crippen molar-refractivity contribution in [3.63, 3.8) is 0 Å². The molecule has 0 aromatic heterocycles. The minimum Gasteiger partial charge on any atom is -0.496 e. The van der Waals surface area contributed by atoms with E-state index in [1.807, 2.05) is 0 Å². The van der Waals surface area contributed by atoms with Gasteiger partial charge in [0.05, 0.1) is 7.11 Å². The van der Waals surface area contributed by atoms with E-state index >= 15 is 0 Å². The lowest BCUT2D eigenvalue weighted by Gasteiger charge is -2.18. The van der Waals surface area contributed by atoms with Crippen molar-refractivity contribution in [2.24, 2.45) is 5.73 Å². The number of nitrogens with two attached hydrogens (primary N) is 1. The van der Waals surface area contributed by atoms with Crippen LogP contribution in [0, 0.1) is 0 Å². The molecule has 86 valence electrons. The molecular formula is C9H11ClF3NO. The van der Waals surface area contributed by atoms with Crippen molar-refractivity contribution >= 4 is 12.4 Å². The van der Waals surface area contributed by atoms with E-state index in [9.17, 15) is 13.2 Å². The van der Waals surface area contributed by atoms with Gasteiger partial charge < -0.3 is 10.5 Å². The first-order valence-electron chi connectivity index (χ1n) is 3.92. The van der Waals surface area contributed by atoms with Crippen molar-refractivity contribution in [3.05, 3.63) is 29.8 Å². The molecule has 2 nitrogen and oxygen atoms in total. The summed E-state index contributed by atoms with van der Waals surface area (Å²) in [5.41, 5.74) is 4.99. The van der Waals surface area contributed by atoms with Gasteiger partial charge in [0.1, 0.15) is 11.8 Å². The normalized spacial score (nSPS) is 12.9. The summed E-state index contributed by atoms with van der Waals surface area (Å²) in [6, 6.07) is 3.82. The largest absolute Gasteiger partial charge is 0.496 e. The van der Waals surface area contributed by atoms with Crippen LogP contribution >= 0.6 is 12.4 Å². The standard InChI is InChI=1S/C9H10F3NO.ClH/c1-14-7-5-3-2-4-6(7)8(13)9(10,11)12;/h2-5,8H,13H2,1H3;1H. The van der Waals surface area contributed by atoms with Crippen LogP contribution in [-0.2, 0) is 0 Å². The Morgan fingerprint density at radius 3 is 2.27 bits per heavy atom. The summed E-state index contributed by atoms with van der Waals surface area (Å²) in [5, 5.41) is 0. The van der Waals surface area contributed by atoms with E-state index in [0.29, 0.717) is 0 Å². The number of para-hydroxylation sites is 1. The second kappa shape index (κ2) is 5.23. The lowest BCUT2D eigenvalue weighted by molar-refractivity contribution is -0.149. The predicted octanol–water partition coefficient (Wildman–Crippen LogP) is 2.68. The number of hydrogen-bond donors (Lipinski definition) is 1. The summed E-state index contributed by atoms with van der Waals surface area (Å²) in [5.74, 6) is 0.150. The van der Waals surface area contributed by atoms with E-state index in [4.69, 9.17) is 10.5 Å². The van der Waals surface area contributed by atoms with E-state index in [2.05, 4.69) is 0 Å². The quantitative estimate of drug-likeness (QED) is 0.864. The summed E-state index contributed by atoms with van der Waals surface area (Å²) in [7, 11) is 1.31. The Morgan fingerprint density at radius 2 is 1.80 bits per heavy atom. The Balaban J connectivity index is 0.00000196. The molecule has 1 aromatic rings. The maximum Gasteiger partial charge on any atom is 0.407 e. The molecule has 2 N–H and O–H groups in total. The van der Waals surface area contributed by atoms with Crippen LogP contribution in [0.25, 0.3) is 0 Å². The highest BCUT2D eigenvalue weighted by atomic mass is 35.5. The van der Waals surface area contributed by atoms with Gasteiger partial charge in [-0.3, -0.25) is 0 Å². The summed E-state index contributed by atoms with van der Waals surface area (Å²) >= 11 is 0. The highest BCUT2D eigenvalue weighted by molar-refractivity contribution is 5.85. The second-order valence-corrected chi connectivity index (χ2v) is 2.76. The third kappa shape index (κ3) is 3.28. The number of alkyl halides is 3. The number of methoxy groups -OCH3 is 1. The first-order chi connectivity index (χ1) is 6.46. The van der Waals surface area contributed by atoms with Gasteiger partial charge in [0.2, 0.25) is 0 Å². The second-order valence-electron chi connectivity index (χ2n) is 2.76. The zero-order valence-electron chi connectivity index (χ0n) is 7.91. The van der Waals surface area contributed by atoms with Gasteiger partial charge in [-0.2, -0.15) is 13.2 Å². The Morgan fingerprint density at radius 1 is 1.27 bits per heavy atom. The SMILES string of the molecule is COc1ccccc1C(N)C(F)(F)F.Cl. The highest BCUT2D eigenvalue weighted by Gasteiger charge is 2.39. The molecule has 15 heavy (non-hydrogen) atoms. The number of benzene rings is 1. The molecule has 1 aromatic carbocycles. The molecule has 1 atom stereocenters. The molecule has 0 saturated heterocycles. The van der Waals surface area contributed by atoms with Gasteiger partial charge in [-0.1, -0.05) is 18.2 Å². The Bertz CT molecular complexity index is 316. The van der Waals surface area contributed by atoms with E-state index in [0.717, 1.165) is 0 Å². The first kappa shape index (κ1) is 14.1. The van der Waals surface area contributed by atoms with Crippen LogP contribution < -0.4 is 10.5 Å². The average Bonchev–Trinajstić information content (AvgIpc) is 2.15. The molecule has 1 rings (SSSR count). The van der Waals surface area contributed by atoms with Crippen LogP contribution in [0.15, 0.2) is 24.3 Å². The number of halogens is 4. The molecule has 0 spiro atoms. The molecule has 6 heteroatoms. The third-order valence-electron chi connectivity index (χ3n) is 1.83. The molecular weight excluding hydrogens is 231 g/mol. The minimum absolute atomic E-state index is 0. The van der Waals surface area contributed by atoms with Crippen molar-refractivity contribution in [1.82, 2.24) is 0 Å². The summed E-state index contributed by atoms with van der Waals surface area (Å²) in [6.07, 6.45) is -4.45. The van der Waals surface area contributed by atoms with Crippen LogP contribution in [0.3, 0.4) is 0 Å². The fraction of sp³-hybridized carbons (Fsp3) is 0.333. The lowest BCUT2D eigenvalue weighted by atomic mass is 10.1. The van der Waals surface area contributed by atoms with E-state index in [-0.39, 0.29) is 23.7 Å². The molecule has 0 radical (unpaired) electrons. The van der Waals surface area contributed by atoms with E-state index < -0.39 is 12.2 Å². The first-order valence-corrected chi connectivity index (χ1v) is 3.92. The van der Waals surface area contributed by atoms with Crippen molar-refractivity contribution in [1.29, 1.82) is 0 Å². The topological polar surface area (TPSA) is 35.2 Å². The number of ether oxygens (including phenoxy) is 1. The van der Waals surface area contributed by atoms with Gasteiger partial charge in [0.25, 0.3) is 0 Å². The van der Waals surface area contributed by atoms with E-state index in [1.165, 1.54) is 25.3 Å². The average molecular weight is 242 g/mol. The Hall–Kier alpha value is -0.940. The molecule has 1 unspecified atom stereocenters. The van der Waals surface area contributed by atoms with Crippen LogP contribution in [0.2, 0.25) is 0 Å². The van der Waals surface area contributed by atoms with Gasteiger partial charge in [-0.05, 0) is 6.07 Å².